The van der Waals surface area contributed by atoms with Crippen molar-refractivity contribution < 1.29 is 13.9 Å². The minimum absolute atomic E-state index is 0.0315. The van der Waals surface area contributed by atoms with Crippen molar-refractivity contribution in [1.29, 1.82) is 0 Å². The van der Waals surface area contributed by atoms with Gasteiger partial charge in [0.15, 0.2) is 5.76 Å². The van der Waals surface area contributed by atoms with E-state index in [0.29, 0.717) is 23.1 Å². The zero-order valence-electron chi connectivity index (χ0n) is 15.4. The average Bonchev–Trinajstić information content (AvgIpc) is 3.17. The van der Waals surface area contributed by atoms with Crippen LogP contribution in [0.4, 0.5) is 0 Å². The van der Waals surface area contributed by atoms with Crippen LogP contribution in [0.1, 0.15) is 34.6 Å². The first-order chi connectivity index (χ1) is 12.4. The van der Waals surface area contributed by atoms with E-state index in [1.807, 2.05) is 20.8 Å². The zero-order valence-corrected chi connectivity index (χ0v) is 16.2. The van der Waals surface area contributed by atoms with Crippen LogP contribution in [0.25, 0.3) is 0 Å². The Morgan fingerprint density at radius 2 is 2.08 bits per heavy atom. The van der Waals surface area contributed by atoms with E-state index in [0.717, 1.165) is 44.2 Å². The molecule has 0 bridgehead atoms. The largest absolute Gasteiger partial charge is 0.454 e. The number of hydrogen-bond acceptors (Lipinski definition) is 5. The molecule has 1 atom stereocenters. The van der Waals surface area contributed by atoms with Gasteiger partial charge in [0, 0.05) is 25.7 Å². The molecule has 7 nitrogen and oxygen atoms in total. The molecule has 26 heavy (non-hydrogen) atoms. The standard InChI is InChI=1S/C18H25ClN4O3/c1-12(10-22-6-8-25-9-7-22)20-18(24)16-5-4-15(26-16)11-23-14(3)17(19)13(2)21-23/h4-5,12H,6-11H2,1-3H3,(H,20,24)/t12-/m1/s1. The van der Waals surface area contributed by atoms with E-state index < -0.39 is 0 Å². The van der Waals surface area contributed by atoms with Crippen LogP contribution < -0.4 is 5.32 Å². The van der Waals surface area contributed by atoms with E-state index in [1.54, 1.807) is 16.8 Å². The molecule has 0 radical (unpaired) electrons. The lowest BCUT2D eigenvalue weighted by atomic mass is 10.2. The van der Waals surface area contributed by atoms with Crippen LogP contribution in [0.15, 0.2) is 16.5 Å². The SMILES string of the molecule is Cc1nn(Cc2ccc(C(=O)N[C@H](C)CN3CCOCC3)o2)c(C)c1Cl. The number of aromatic nitrogens is 2. The molecule has 3 heterocycles. The summed E-state index contributed by atoms with van der Waals surface area (Å²) in [6.07, 6.45) is 0. The molecule has 0 spiro atoms. The van der Waals surface area contributed by atoms with E-state index in [-0.39, 0.29) is 11.9 Å². The van der Waals surface area contributed by atoms with Crippen LogP contribution in [0, 0.1) is 13.8 Å². The van der Waals surface area contributed by atoms with Gasteiger partial charge in [0.1, 0.15) is 5.76 Å². The number of carbonyl (C=O) groups excluding carboxylic acids is 1. The van der Waals surface area contributed by atoms with Crippen LogP contribution in [0.3, 0.4) is 0 Å². The summed E-state index contributed by atoms with van der Waals surface area (Å²) in [6, 6.07) is 3.52. The third kappa shape index (κ3) is 4.47. The molecule has 2 aromatic heterocycles. The van der Waals surface area contributed by atoms with Crippen LogP contribution in [-0.2, 0) is 11.3 Å². The van der Waals surface area contributed by atoms with Gasteiger partial charge in [-0.1, -0.05) is 11.6 Å². The maximum Gasteiger partial charge on any atom is 0.287 e. The monoisotopic (exact) mass is 380 g/mol. The maximum absolute atomic E-state index is 12.4. The smallest absolute Gasteiger partial charge is 0.287 e. The van der Waals surface area contributed by atoms with E-state index in [4.69, 9.17) is 20.8 Å². The summed E-state index contributed by atoms with van der Waals surface area (Å²) in [5, 5.41) is 8.03. The van der Waals surface area contributed by atoms with Crippen LogP contribution in [0.2, 0.25) is 5.02 Å². The Labute approximate surface area is 158 Å². The second kappa shape index (κ2) is 8.24. The second-order valence-electron chi connectivity index (χ2n) is 6.70. The predicted octanol–water partition coefficient (Wildman–Crippen LogP) is 2.25. The highest BCUT2D eigenvalue weighted by atomic mass is 35.5. The third-order valence-corrected chi connectivity index (χ3v) is 5.04. The number of furan rings is 1. The molecule has 3 rings (SSSR count). The van der Waals surface area contributed by atoms with Gasteiger partial charge in [0.25, 0.3) is 5.91 Å². The molecule has 0 aromatic carbocycles. The van der Waals surface area contributed by atoms with Crippen molar-refractivity contribution in [2.24, 2.45) is 0 Å². The summed E-state index contributed by atoms with van der Waals surface area (Å²) in [5.74, 6) is 0.767. The fraction of sp³-hybridized carbons (Fsp3) is 0.556. The van der Waals surface area contributed by atoms with Gasteiger partial charge in [0.05, 0.1) is 36.2 Å². The molecule has 0 saturated carbocycles. The minimum atomic E-state index is -0.205. The normalized spacial score (nSPS) is 16.6. The fourth-order valence-corrected chi connectivity index (χ4v) is 3.21. The minimum Gasteiger partial charge on any atom is -0.454 e. The van der Waals surface area contributed by atoms with Crippen LogP contribution in [-0.4, -0.2) is 59.5 Å². The topological polar surface area (TPSA) is 72.5 Å². The highest BCUT2D eigenvalue weighted by molar-refractivity contribution is 6.31. The number of amides is 1. The molecular weight excluding hydrogens is 356 g/mol. The first kappa shape index (κ1) is 18.9. The summed E-state index contributed by atoms with van der Waals surface area (Å²) in [5.41, 5.74) is 1.66. The molecule has 1 amide bonds. The number of carbonyl (C=O) groups is 1. The lowest BCUT2D eigenvalue weighted by Gasteiger charge is -2.29. The van der Waals surface area contributed by atoms with Crippen molar-refractivity contribution in [2.75, 3.05) is 32.8 Å². The van der Waals surface area contributed by atoms with Gasteiger partial charge >= 0.3 is 0 Å². The van der Waals surface area contributed by atoms with Crippen molar-refractivity contribution >= 4 is 17.5 Å². The molecule has 1 N–H and O–H groups in total. The van der Waals surface area contributed by atoms with Gasteiger partial charge in [-0.05, 0) is 32.9 Å². The third-order valence-electron chi connectivity index (χ3n) is 4.50. The Morgan fingerprint density at radius 3 is 2.73 bits per heavy atom. The summed E-state index contributed by atoms with van der Waals surface area (Å²) in [7, 11) is 0. The Balaban J connectivity index is 1.56. The molecule has 1 saturated heterocycles. The van der Waals surface area contributed by atoms with E-state index in [2.05, 4.69) is 15.3 Å². The zero-order chi connectivity index (χ0) is 18.7. The molecule has 1 aliphatic heterocycles. The Morgan fingerprint density at radius 1 is 1.35 bits per heavy atom. The fourth-order valence-electron chi connectivity index (χ4n) is 3.07. The molecule has 0 unspecified atom stereocenters. The lowest BCUT2D eigenvalue weighted by Crippen LogP contribution is -2.45. The Kier molecular flexibility index (Phi) is 6.01. The first-order valence-corrected chi connectivity index (χ1v) is 9.21. The molecule has 1 aliphatic rings. The number of nitrogens with zero attached hydrogens (tertiary/aromatic N) is 3. The van der Waals surface area contributed by atoms with Crippen LogP contribution >= 0.6 is 11.6 Å². The molecule has 2 aromatic rings. The van der Waals surface area contributed by atoms with Crippen molar-refractivity contribution in [1.82, 2.24) is 20.0 Å². The summed E-state index contributed by atoms with van der Waals surface area (Å²) in [6.45, 7) is 10.3. The number of aryl methyl sites for hydroxylation is 1. The maximum atomic E-state index is 12.4. The summed E-state index contributed by atoms with van der Waals surface area (Å²) >= 11 is 6.17. The molecule has 142 valence electrons. The highest BCUT2D eigenvalue weighted by Gasteiger charge is 2.18. The van der Waals surface area contributed by atoms with Gasteiger partial charge in [-0.25, -0.2) is 0 Å². The number of hydrogen-bond donors (Lipinski definition) is 1. The second-order valence-corrected chi connectivity index (χ2v) is 7.07. The van der Waals surface area contributed by atoms with E-state index in [1.165, 1.54) is 0 Å². The van der Waals surface area contributed by atoms with Gasteiger partial charge in [-0.3, -0.25) is 14.4 Å². The highest BCUT2D eigenvalue weighted by Crippen LogP contribution is 2.20. The molecular formula is C18H25ClN4O3. The van der Waals surface area contributed by atoms with Crippen molar-refractivity contribution in [2.45, 2.75) is 33.4 Å². The quantitative estimate of drug-likeness (QED) is 0.832. The number of morpholine rings is 1. The predicted molar refractivity (Wildman–Crippen MR) is 98.7 cm³/mol. The Bertz CT molecular complexity index is 765. The van der Waals surface area contributed by atoms with Crippen molar-refractivity contribution in [3.63, 3.8) is 0 Å². The van der Waals surface area contributed by atoms with Gasteiger partial charge in [0.2, 0.25) is 0 Å². The van der Waals surface area contributed by atoms with Gasteiger partial charge in [-0.2, -0.15) is 5.10 Å². The number of nitrogens with one attached hydrogen (secondary N) is 1. The molecule has 0 aliphatic carbocycles. The van der Waals surface area contributed by atoms with Gasteiger partial charge in [-0.15, -0.1) is 0 Å². The summed E-state index contributed by atoms with van der Waals surface area (Å²) < 4.78 is 12.8. The van der Waals surface area contributed by atoms with Crippen molar-refractivity contribution in [3.8, 4) is 0 Å². The lowest BCUT2D eigenvalue weighted by molar-refractivity contribution is 0.0341. The summed E-state index contributed by atoms with van der Waals surface area (Å²) in [4.78, 5) is 14.7. The number of halogens is 1. The van der Waals surface area contributed by atoms with Gasteiger partial charge < -0.3 is 14.5 Å². The first-order valence-electron chi connectivity index (χ1n) is 8.83. The molecule has 8 heteroatoms. The van der Waals surface area contributed by atoms with Crippen molar-refractivity contribution in [3.05, 3.63) is 40.1 Å². The van der Waals surface area contributed by atoms with E-state index >= 15 is 0 Å². The van der Waals surface area contributed by atoms with Crippen LogP contribution in [0.5, 0.6) is 0 Å². The molecule has 1 fully saturated rings. The Hall–Kier alpha value is -1.83. The number of rotatable bonds is 6. The van der Waals surface area contributed by atoms with E-state index in [9.17, 15) is 4.79 Å². The average molecular weight is 381 g/mol. The number of ether oxygens (including phenoxy) is 1.